The van der Waals surface area contributed by atoms with Crippen LogP contribution in [0.3, 0.4) is 0 Å². The number of anilines is 2. The number of para-hydroxylation sites is 1. The van der Waals surface area contributed by atoms with Crippen LogP contribution in [-0.4, -0.2) is 11.5 Å². The van der Waals surface area contributed by atoms with Gasteiger partial charge in [-0.2, -0.15) is 0 Å². The van der Waals surface area contributed by atoms with Crippen molar-refractivity contribution >= 4 is 11.4 Å². The van der Waals surface area contributed by atoms with Crippen molar-refractivity contribution in [2.75, 3.05) is 11.4 Å². The highest BCUT2D eigenvalue weighted by molar-refractivity contribution is 5.66. The average Bonchev–Trinajstić information content (AvgIpc) is 2.69. The van der Waals surface area contributed by atoms with Crippen LogP contribution < -0.4 is 10.6 Å². The van der Waals surface area contributed by atoms with Crippen LogP contribution in [0.1, 0.15) is 37.1 Å². The van der Waals surface area contributed by atoms with Gasteiger partial charge in [-0.1, -0.05) is 18.2 Å². The van der Waals surface area contributed by atoms with Gasteiger partial charge in [-0.25, -0.2) is 0 Å². The standard InChI is InChI=1S/C17H21N3/c1-13(18)16-10-9-15(12-19-16)20-11-5-4-7-14-6-2-3-8-17(14)20/h2-3,6,8-10,12-13H,4-5,7,11,18H2,1H3. The highest BCUT2D eigenvalue weighted by atomic mass is 15.1. The van der Waals surface area contributed by atoms with Gasteiger partial charge in [-0.15, -0.1) is 0 Å². The van der Waals surface area contributed by atoms with E-state index in [2.05, 4.69) is 40.2 Å². The van der Waals surface area contributed by atoms with Gasteiger partial charge in [0, 0.05) is 18.3 Å². The number of fused-ring (bicyclic) bond motifs is 1. The van der Waals surface area contributed by atoms with E-state index in [1.807, 2.05) is 19.2 Å². The van der Waals surface area contributed by atoms with Crippen molar-refractivity contribution in [3.8, 4) is 0 Å². The van der Waals surface area contributed by atoms with E-state index in [1.165, 1.54) is 24.1 Å². The zero-order valence-electron chi connectivity index (χ0n) is 11.9. The van der Waals surface area contributed by atoms with E-state index in [9.17, 15) is 0 Å². The third-order valence-electron chi connectivity index (χ3n) is 3.91. The summed E-state index contributed by atoms with van der Waals surface area (Å²) in [5, 5.41) is 0. The van der Waals surface area contributed by atoms with Gasteiger partial charge in [0.15, 0.2) is 0 Å². The number of pyridine rings is 1. The normalized spacial score (nSPS) is 16.4. The van der Waals surface area contributed by atoms with Crippen LogP contribution in [0.4, 0.5) is 11.4 Å². The van der Waals surface area contributed by atoms with Gasteiger partial charge in [0.1, 0.15) is 0 Å². The minimum Gasteiger partial charge on any atom is -0.340 e. The molecule has 20 heavy (non-hydrogen) atoms. The summed E-state index contributed by atoms with van der Waals surface area (Å²) in [6, 6.07) is 12.8. The molecule has 104 valence electrons. The summed E-state index contributed by atoms with van der Waals surface area (Å²) < 4.78 is 0. The summed E-state index contributed by atoms with van der Waals surface area (Å²) in [4.78, 5) is 6.87. The molecule has 0 amide bonds. The topological polar surface area (TPSA) is 42.1 Å². The molecule has 3 rings (SSSR count). The van der Waals surface area contributed by atoms with E-state index < -0.39 is 0 Å². The number of nitrogens with zero attached hydrogens (tertiary/aromatic N) is 2. The van der Waals surface area contributed by atoms with Gasteiger partial charge >= 0.3 is 0 Å². The second kappa shape index (κ2) is 5.63. The highest BCUT2D eigenvalue weighted by Crippen LogP contribution is 2.32. The Morgan fingerprint density at radius 3 is 2.75 bits per heavy atom. The van der Waals surface area contributed by atoms with Gasteiger partial charge in [-0.3, -0.25) is 4.98 Å². The number of hydrogen-bond acceptors (Lipinski definition) is 3. The average molecular weight is 267 g/mol. The van der Waals surface area contributed by atoms with Gasteiger partial charge in [-0.05, 0) is 49.9 Å². The number of rotatable bonds is 2. The predicted octanol–water partition coefficient (Wildman–Crippen LogP) is 3.58. The Bertz CT molecular complexity index is 575. The summed E-state index contributed by atoms with van der Waals surface area (Å²) >= 11 is 0. The molecule has 0 radical (unpaired) electrons. The molecule has 0 fully saturated rings. The highest BCUT2D eigenvalue weighted by Gasteiger charge is 2.16. The maximum absolute atomic E-state index is 5.87. The van der Waals surface area contributed by atoms with E-state index in [4.69, 9.17) is 5.73 Å². The molecular weight excluding hydrogens is 246 g/mol. The number of benzene rings is 1. The first kappa shape index (κ1) is 13.1. The molecule has 3 heteroatoms. The van der Waals surface area contributed by atoms with Crippen LogP contribution in [0.2, 0.25) is 0 Å². The van der Waals surface area contributed by atoms with Crippen molar-refractivity contribution in [2.45, 2.75) is 32.2 Å². The van der Waals surface area contributed by atoms with Crippen molar-refractivity contribution in [2.24, 2.45) is 5.73 Å². The molecular formula is C17H21N3. The lowest BCUT2D eigenvalue weighted by atomic mass is 10.1. The first-order valence-electron chi connectivity index (χ1n) is 7.32. The van der Waals surface area contributed by atoms with Crippen LogP contribution in [0, 0.1) is 0 Å². The SMILES string of the molecule is CC(N)c1ccc(N2CCCCc3ccccc32)cn1. The number of aromatic nitrogens is 1. The number of aryl methyl sites for hydroxylation is 1. The van der Waals surface area contributed by atoms with E-state index >= 15 is 0 Å². The first-order chi connectivity index (χ1) is 9.75. The van der Waals surface area contributed by atoms with E-state index in [-0.39, 0.29) is 6.04 Å². The second-order valence-corrected chi connectivity index (χ2v) is 5.47. The van der Waals surface area contributed by atoms with Crippen molar-refractivity contribution in [1.82, 2.24) is 4.98 Å². The summed E-state index contributed by atoms with van der Waals surface area (Å²) in [7, 11) is 0. The van der Waals surface area contributed by atoms with Gasteiger partial charge < -0.3 is 10.6 Å². The van der Waals surface area contributed by atoms with Crippen molar-refractivity contribution < 1.29 is 0 Å². The third kappa shape index (κ3) is 2.54. The zero-order chi connectivity index (χ0) is 13.9. The minimum atomic E-state index is -0.0135. The molecule has 1 aromatic heterocycles. The van der Waals surface area contributed by atoms with Crippen molar-refractivity contribution in [3.05, 3.63) is 53.9 Å². The molecule has 1 aromatic carbocycles. The Kier molecular flexibility index (Phi) is 3.70. The molecule has 3 nitrogen and oxygen atoms in total. The number of nitrogens with two attached hydrogens (primary N) is 1. The molecule has 0 spiro atoms. The molecule has 1 aliphatic rings. The maximum Gasteiger partial charge on any atom is 0.0597 e. The van der Waals surface area contributed by atoms with Crippen LogP contribution >= 0.6 is 0 Å². The molecule has 1 atom stereocenters. The molecule has 0 aliphatic carbocycles. The number of hydrogen-bond donors (Lipinski definition) is 1. The quantitative estimate of drug-likeness (QED) is 0.904. The summed E-state index contributed by atoms with van der Waals surface area (Å²) in [6.07, 6.45) is 5.57. The Morgan fingerprint density at radius 1 is 1.15 bits per heavy atom. The van der Waals surface area contributed by atoms with E-state index in [0.717, 1.165) is 24.3 Å². The summed E-state index contributed by atoms with van der Waals surface area (Å²) in [6.45, 7) is 3.01. The van der Waals surface area contributed by atoms with E-state index in [1.54, 1.807) is 0 Å². The van der Waals surface area contributed by atoms with Gasteiger partial charge in [0.25, 0.3) is 0 Å². The molecule has 0 bridgehead atoms. The second-order valence-electron chi connectivity index (χ2n) is 5.47. The Hall–Kier alpha value is -1.87. The largest absolute Gasteiger partial charge is 0.340 e. The minimum absolute atomic E-state index is 0.0135. The van der Waals surface area contributed by atoms with E-state index in [0.29, 0.717) is 0 Å². The Morgan fingerprint density at radius 2 is 2.00 bits per heavy atom. The van der Waals surface area contributed by atoms with Crippen molar-refractivity contribution in [1.29, 1.82) is 0 Å². The molecule has 2 N–H and O–H groups in total. The molecule has 0 saturated carbocycles. The predicted molar refractivity (Wildman–Crippen MR) is 83.2 cm³/mol. The third-order valence-corrected chi connectivity index (χ3v) is 3.91. The smallest absolute Gasteiger partial charge is 0.0597 e. The molecule has 1 aliphatic heterocycles. The van der Waals surface area contributed by atoms with Gasteiger partial charge in [0.05, 0.1) is 17.6 Å². The summed E-state index contributed by atoms with van der Waals surface area (Å²) in [5.41, 5.74) is 10.7. The summed E-state index contributed by atoms with van der Waals surface area (Å²) in [5.74, 6) is 0. The Balaban J connectivity index is 1.97. The lowest BCUT2D eigenvalue weighted by Gasteiger charge is -2.25. The zero-order valence-corrected chi connectivity index (χ0v) is 11.9. The van der Waals surface area contributed by atoms with Crippen LogP contribution in [0.5, 0.6) is 0 Å². The lowest BCUT2D eigenvalue weighted by Crippen LogP contribution is -2.18. The van der Waals surface area contributed by atoms with Crippen LogP contribution in [0.25, 0.3) is 0 Å². The van der Waals surface area contributed by atoms with Gasteiger partial charge in [0.2, 0.25) is 0 Å². The molecule has 1 unspecified atom stereocenters. The van der Waals surface area contributed by atoms with Crippen LogP contribution in [0.15, 0.2) is 42.6 Å². The maximum atomic E-state index is 5.87. The fraction of sp³-hybridized carbons (Fsp3) is 0.353. The molecule has 2 aromatic rings. The fourth-order valence-electron chi connectivity index (χ4n) is 2.79. The Labute approximate surface area is 120 Å². The molecule has 2 heterocycles. The lowest BCUT2D eigenvalue weighted by molar-refractivity contribution is 0.757. The van der Waals surface area contributed by atoms with Crippen molar-refractivity contribution in [3.63, 3.8) is 0 Å². The monoisotopic (exact) mass is 267 g/mol. The van der Waals surface area contributed by atoms with Crippen LogP contribution in [-0.2, 0) is 6.42 Å². The first-order valence-corrected chi connectivity index (χ1v) is 7.32. The fourth-order valence-corrected chi connectivity index (χ4v) is 2.79. The molecule has 0 saturated heterocycles.